The highest BCUT2D eigenvalue weighted by molar-refractivity contribution is 5.78. The van der Waals surface area contributed by atoms with Crippen LogP contribution in [0.15, 0.2) is 24.5 Å². The summed E-state index contributed by atoms with van der Waals surface area (Å²) in [6, 6.07) is 3.89. The van der Waals surface area contributed by atoms with Crippen molar-refractivity contribution in [3.63, 3.8) is 0 Å². The number of ether oxygens (including phenoxy) is 1. The molecule has 2 aromatic rings. The van der Waals surface area contributed by atoms with Crippen LogP contribution in [0.3, 0.4) is 0 Å². The summed E-state index contributed by atoms with van der Waals surface area (Å²) >= 11 is 0. The molecular weight excluding hydrogens is 293 g/mol. The van der Waals surface area contributed by atoms with Crippen LogP contribution in [0.5, 0.6) is 0 Å². The number of aromatic nitrogens is 2. The molecule has 5 heteroatoms. The number of nitrogens with one attached hydrogen (secondary N) is 1. The minimum Gasteiger partial charge on any atom is -0.383 e. The van der Waals surface area contributed by atoms with Crippen LogP contribution in [0.4, 0.5) is 4.39 Å². The third-order valence-electron chi connectivity index (χ3n) is 4.73. The first-order valence-electron chi connectivity index (χ1n) is 8.30. The average Bonchev–Trinajstić information content (AvgIpc) is 2.55. The van der Waals surface area contributed by atoms with Gasteiger partial charge in [-0.15, -0.1) is 0 Å². The van der Waals surface area contributed by atoms with Crippen molar-refractivity contribution in [2.75, 3.05) is 20.3 Å². The minimum absolute atomic E-state index is 0.296. The van der Waals surface area contributed by atoms with Gasteiger partial charge in [-0.05, 0) is 42.7 Å². The summed E-state index contributed by atoms with van der Waals surface area (Å²) in [5.74, 6) is 0.722. The molecule has 0 spiro atoms. The average molecular weight is 317 g/mol. The molecule has 3 rings (SSSR count). The Bertz CT molecular complexity index is 664. The van der Waals surface area contributed by atoms with Gasteiger partial charge < -0.3 is 10.1 Å². The normalized spacial score (nSPS) is 24.9. The van der Waals surface area contributed by atoms with E-state index in [9.17, 15) is 4.39 Å². The van der Waals surface area contributed by atoms with Crippen LogP contribution in [0.1, 0.15) is 37.7 Å². The predicted octanol–water partition coefficient (Wildman–Crippen LogP) is 3.28. The molecule has 1 aromatic heterocycles. The zero-order valence-corrected chi connectivity index (χ0v) is 13.8. The first-order valence-corrected chi connectivity index (χ1v) is 8.30. The van der Waals surface area contributed by atoms with Gasteiger partial charge in [0.15, 0.2) is 5.82 Å². The highest BCUT2D eigenvalue weighted by Gasteiger charge is 2.29. The maximum absolute atomic E-state index is 14.0. The van der Waals surface area contributed by atoms with Gasteiger partial charge in [0.2, 0.25) is 0 Å². The fourth-order valence-corrected chi connectivity index (χ4v) is 3.76. The van der Waals surface area contributed by atoms with Crippen LogP contribution in [0.25, 0.3) is 11.0 Å². The molecule has 0 unspecified atom stereocenters. The van der Waals surface area contributed by atoms with Crippen molar-refractivity contribution in [2.45, 2.75) is 38.1 Å². The van der Waals surface area contributed by atoms with Crippen LogP contribution < -0.4 is 5.32 Å². The molecule has 3 atom stereocenters. The molecule has 1 fully saturated rings. The van der Waals surface area contributed by atoms with Crippen LogP contribution in [0.2, 0.25) is 0 Å². The van der Waals surface area contributed by atoms with E-state index < -0.39 is 0 Å². The van der Waals surface area contributed by atoms with E-state index in [0.29, 0.717) is 28.9 Å². The van der Waals surface area contributed by atoms with E-state index >= 15 is 0 Å². The molecule has 0 saturated heterocycles. The summed E-state index contributed by atoms with van der Waals surface area (Å²) in [6.45, 7) is 3.87. The highest BCUT2D eigenvalue weighted by atomic mass is 19.1. The van der Waals surface area contributed by atoms with E-state index in [2.05, 4.69) is 22.2 Å². The van der Waals surface area contributed by atoms with Crippen molar-refractivity contribution in [2.24, 2.45) is 5.92 Å². The molecule has 1 aliphatic rings. The number of rotatable bonds is 5. The number of hydrogen-bond acceptors (Lipinski definition) is 4. The van der Waals surface area contributed by atoms with Gasteiger partial charge in [-0.1, -0.05) is 13.0 Å². The zero-order valence-electron chi connectivity index (χ0n) is 13.8. The van der Waals surface area contributed by atoms with Crippen LogP contribution in [-0.2, 0) is 4.74 Å². The molecule has 23 heavy (non-hydrogen) atoms. The van der Waals surface area contributed by atoms with E-state index in [1.807, 2.05) is 6.07 Å². The topological polar surface area (TPSA) is 47.0 Å². The summed E-state index contributed by atoms with van der Waals surface area (Å²) in [5.41, 5.74) is 2.22. The monoisotopic (exact) mass is 317 g/mol. The van der Waals surface area contributed by atoms with Gasteiger partial charge in [0.05, 0.1) is 12.1 Å². The fraction of sp³-hybridized carbons (Fsp3) is 0.556. The van der Waals surface area contributed by atoms with Crippen molar-refractivity contribution in [1.29, 1.82) is 0 Å². The fourth-order valence-electron chi connectivity index (χ4n) is 3.76. The first kappa shape index (κ1) is 16.3. The zero-order chi connectivity index (χ0) is 16.2. The Morgan fingerprint density at radius 3 is 2.74 bits per heavy atom. The van der Waals surface area contributed by atoms with Crippen molar-refractivity contribution < 1.29 is 9.13 Å². The Hall–Kier alpha value is -1.59. The van der Waals surface area contributed by atoms with E-state index in [0.717, 1.165) is 31.6 Å². The second-order valence-corrected chi connectivity index (χ2v) is 6.54. The van der Waals surface area contributed by atoms with Crippen LogP contribution in [0, 0.1) is 11.7 Å². The van der Waals surface area contributed by atoms with Gasteiger partial charge in [0.1, 0.15) is 5.52 Å². The minimum atomic E-state index is -0.296. The molecule has 0 bridgehead atoms. The second kappa shape index (κ2) is 7.32. The van der Waals surface area contributed by atoms with Crippen molar-refractivity contribution in [1.82, 2.24) is 15.3 Å². The Morgan fingerprint density at radius 1 is 1.17 bits per heavy atom. The SMILES string of the molecule is COCCN[C@@H]1C[C@H](C)C[C@H](c2ccc(F)c3nccnc23)C1. The Balaban J connectivity index is 1.84. The van der Waals surface area contributed by atoms with Gasteiger partial charge in [-0.3, -0.25) is 4.98 Å². The lowest BCUT2D eigenvalue weighted by Crippen LogP contribution is -2.38. The van der Waals surface area contributed by atoms with Gasteiger partial charge in [0, 0.05) is 32.1 Å². The third kappa shape index (κ3) is 3.67. The van der Waals surface area contributed by atoms with Crippen LogP contribution in [-0.4, -0.2) is 36.3 Å². The van der Waals surface area contributed by atoms with E-state index in [1.165, 1.54) is 12.5 Å². The molecular formula is C18H24FN3O. The largest absolute Gasteiger partial charge is 0.383 e. The van der Waals surface area contributed by atoms with E-state index in [1.54, 1.807) is 19.5 Å². The summed E-state index contributed by atoms with van der Waals surface area (Å²) in [4.78, 5) is 8.57. The molecule has 1 heterocycles. The molecule has 1 saturated carbocycles. The summed E-state index contributed by atoms with van der Waals surface area (Å²) in [5, 5.41) is 3.58. The Kier molecular flexibility index (Phi) is 5.18. The maximum Gasteiger partial charge on any atom is 0.151 e. The van der Waals surface area contributed by atoms with Crippen molar-refractivity contribution in [3.05, 3.63) is 35.9 Å². The van der Waals surface area contributed by atoms with E-state index in [4.69, 9.17) is 4.74 Å². The highest BCUT2D eigenvalue weighted by Crippen LogP contribution is 2.38. The molecule has 0 radical (unpaired) electrons. The number of halogens is 1. The van der Waals surface area contributed by atoms with E-state index in [-0.39, 0.29) is 5.82 Å². The van der Waals surface area contributed by atoms with Crippen molar-refractivity contribution in [3.8, 4) is 0 Å². The maximum atomic E-state index is 14.0. The number of benzene rings is 1. The van der Waals surface area contributed by atoms with Gasteiger partial charge in [-0.2, -0.15) is 0 Å². The number of fused-ring (bicyclic) bond motifs is 1. The molecule has 0 amide bonds. The molecule has 124 valence electrons. The first-order chi connectivity index (χ1) is 11.2. The van der Waals surface area contributed by atoms with Gasteiger partial charge in [0.25, 0.3) is 0 Å². The standard InChI is InChI=1S/C18H24FN3O/c1-12-9-13(11-14(10-12)20-7-8-23-2)15-3-4-16(19)18-17(15)21-5-6-22-18/h3-6,12-14,20H,7-11H2,1-2H3/t12-,13+,14-/m1/s1. The summed E-state index contributed by atoms with van der Waals surface area (Å²) < 4.78 is 19.1. The summed E-state index contributed by atoms with van der Waals surface area (Å²) in [7, 11) is 1.72. The molecule has 1 aromatic carbocycles. The molecule has 0 aliphatic heterocycles. The lowest BCUT2D eigenvalue weighted by molar-refractivity contribution is 0.185. The molecule has 1 N–H and O–H groups in total. The number of methoxy groups -OCH3 is 1. The number of hydrogen-bond donors (Lipinski definition) is 1. The van der Waals surface area contributed by atoms with Gasteiger partial charge >= 0.3 is 0 Å². The second-order valence-electron chi connectivity index (χ2n) is 6.54. The van der Waals surface area contributed by atoms with Crippen molar-refractivity contribution >= 4 is 11.0 Å². The predicted molar refractivity (Wildman–Crippen MR) is 88.9 cm³/mol. The quantitative estimate of drug-likeness (QED) is 0.860. The summed E-state index contributed by atoms with van der Waals surface area (Å²) in [6.07, 6.45) is 6.52. The molecule has 1 aliphatic carbocycles. The lowest BCUT2D eigenvalue weighted by atomic mass is 9.76. The number of nitrogens with zero attached hydrogens (tertiary/aromatic N) is 2. The third-order valence-corrected chi connectivity index (χ3v) is 4.73. The Morgan fingerprint density at radius 2 is 1.96 bits per heavy atom. The van der Waals surface area contributed by atoms with Crippen LogP contribution >= 0.6 is 0 Å². The lowest BCUT2D eigenvalue weighted by Gasteiger charge is -2.34. The molecule has 4 nitrogen and oxygen atoms in total. The smallest absolute Gasteiger partial charge is 0.151 e. The van der Waals surface area contributed by atoms with Gasteiger partial charge in [-0.25, -0.2) is 9.37 Å². The Labute approximate surface area is 136 Å².